The lowest BCUT2D eigenvalue weighted by Crippen LogP contribution is -2.34. The SMILES string of the molecule is Cc1ccccc1-c1nn(-c2ccccc2)cc1CNCCNC(=O)C(C)C. The Kier molecular flexibility index (Phi) is 6.61. The molecule has 28 heavy (non-hydrogen) atoms. The summed E-state index contributed by atoms with van der Waals surface area (Å²) in [5, 5.41) is 11.2. The van der Waals surface area contributed by atoms with E-state index >= 15 is 0 Å². The molecule has 3 aromatic rings. The van der Waals surface area contributed by atoms with Gasteiger partial charge in [-0.3, -0.25) is 4.79 Å². The van der Waals surface area contributed by atoms with Gasteiger partial charge in [-0.2, -0.15) is 5.10 Å². The van der Waals surface area contributed by atoms with Crippen LogP contribution in [0, 0.1) is 12.8 Å². The van der Waals surface area contributed by atoms with E-state index in [-0.39, 0.29) is 11.8 Å². The Morgan fingerprint density at radius 3 is 2.46 bits per heavy atom. The van der Waals surface area contributed by atoms with Gasteiger partial charge in [-0.1, -0.05) is 56.3 Å². The van der Waals surface area contributed by atoms with Crippen molar-refractivity contribution in [2.45, 2.75) is 27.3 Å². The number of benzene rings is 2. The second-order valence-electron chi connectivity index (χ2n) is 7.22. The molecule has 146 valence electrons. The number of amides is 1. The maximum Gasteiger partial charge on any atom is 0.222 e. The molecule has 1 amide bonds. The fourth-order valence-corrected chi connectivity index (χ4v) is 3.02. The molecule has 1 heterocycles. The molecule has 2 aromatic carbocycles. The summed E-state index contributed by atoms with van der Waals surface area (Å²) in [6, 6.07) is 18.4. The lowest BCUT2D eigenvalue weighted by atomic mass is 10.0. The average molecular weight is 377 g/mol. The maximum atomic E-state index is 11.7. The van der Waals surface area contributed by atoms with E-state index in [1.807, 2.05) is 61.0 Å². The topological polar surface area (TPSA) is 59.0 Å². The molecular formula is C23H28N4O. The van der Waals surface area contributed by atoms with Crippen LogP contribution < -0.4 is 10.6 Å². The Labute approximate surface area is 166 Å². The fraction of sp³-hybridized carbons (Fsp3) is 0.304. The van der Waals surface area contributed by atoms with Gasteiger partial charge in [0.2, 0.25) is 5.91 Å². The fourth-order valence-electron chi connectivity index (χ4n) is 3.02. The van der Waals surface area contributed by atoms with Gasteiger partial charge in [0.25, 0.3) is 0 Å². The van der Waals surface area contributed by atoms with Crippen LogP contribution in [0.5, 0.6) is 0 Å². The van der Waals surface area contributed by atoms with Gasteiger partial charge in [-0.05, 0) is 24.6 Å². The van der Waals surface area contributed by atoms with Crippen molar-refractivity contribution >= 4 is 5.91 Å². The van der Waals surface area contributed by atoms with E-state index < -0.39 is 0 Å². The molecule has 0 aliphatic carbocycles. The number of aryl methyl sites for hydroxylation is 1. The first-order valence-corrected chi connectivity index (χ1v) is 9.74. The molecule has 0 bridgehead atoms. The third kappa shape index (κ3) is 4.87. The van der Waals surface area contributed by atoms with Crippen LogP contribution in [-0.2, 0) is 11.3 Å². The largest absolute Gasteiger partial charge is 0.355 e. The number of hydrogen-bond acceptors (Lipinski definition) is 3. The van der Waals surface area contributed by atoms with Crippen molar-refractivity contribution in [1.29, 1.82) is 0 Å². The van der Waals surface area contributed by atoms with Crippen LogP contribution in [0.25, 0.3) is 16.9 Å². The van der Waals surface area contributed by atoms with Crippen molar-refractivity contribution in [3.8, 4) is 16.9 Å². The molecular weight excluding hydrogens is 348 g/mol. The number of para-hydroxylation sites is 1. The molecule has 5 heteroatoms. The minimum Gasteiger partial charge on any atom is -0.355 e. The molecule has 0 radical (unpaired) electrons. The lowest BCUT2D eigenvalue weighted by Gasteiger charge is -2.09. The standard InChI is InChI=1S/C23H28N4O/c1-17(2)23(28)25-14-13-24-15-19-16-27(20-10-5-4-6-11-20)26-22(19)21-12-8-7-9-18(21)3/h4-12,16-17,24H,13-15H2,1-3H3,(H,25,28). The van der Waals surface area contributed by atoms with Crippen LogP contribution >= 0.6 is 0 Å². The highest BCUT2D eigenvalue weighted by Gasteiger charge is 2.14. The Bertz CT molecular complexity index is 915. The van der Waals surface area contributed by atoms with E-state index in [2.05, 4.69) is 35.9 Å². The maximum absolute atomic E-state index is 11.7. The van der Waals surface area contributed by atoms with Gasteiger partial charge < -0.3 is 10.6 Å². The Hall–Kier alpha value is -2.92. The van der Waals surface area contributed by atoms with Crippen LogP contribution in [0.15, 0.2) is 60.8 Å². The van der Waals surface area contributed by atoms with Gasteiger partial charge in [0.1, 0.15) is 0 Å². The third-order valence-electron chi connectivity index (χ3n) is 4.65. The predicted molar refractivity (Wildman–Crippen MR) is 113 cm³/mol. The quantitative estimate of drug-likeness (QED) is 0.589. The molecule has 2 N–H and O–H groups in total. The van der Waals surface area contributed by atoms with Crippen LogP contribution in [0.1, 0.15) is 25.0 Å². The summed E-state index contributed by atoms with van der Waals surface area (Å²) in [5.41, 5.74) is 5.50. The Morgan fingerprint density at radius 1 is 1.04 bits per heavy atom. The summed E-state index contributed by atoms with van der Waals surface area (Å²) in [7, 11) is 0. The van der Waals surface area contributed by atoms with Crippen LogP contribution in [-0.4, -0.2) is 28.8 Å². The van der Waals surface area contributed by atoms with Gasteiger partial charge in [-0.15, -0.1) is 0 Å². The van der Waals surface area contributed by atoms with E-state index in [1.165, 1.54) is 5.56 Å². The van der Waals surface area contributed by atoms with Crippen molar-refractivity contribution in [1.82, 2.24) is 20.4 Å². The second-order valence-corrected chi connectivity index (χ2v) is 7.22. The van der Waals surface area contributed by atoms with Gasteiger partial charge in [0.15, 0.2) is 0 Å². The van der Waals surface area contributed by atoms with E-state index in [4.69, 9.17) is 5.10 Å². The molecule has 5 nitrogen and oxygen atoms in total. The second kappa shape index (κ2) is 9.33. The van der Waals surface area contributed by atoms with Crippen molar-refractivity contribution < 1.29 is 4.79 Å². The number of aromatic nitrogens is 2. The minimum atomic E-state index is 0.0109. The highest BCUT2D eigenvalue weighted by molar-refractivity contribution is 5.77. The monoisotopic (exact) mass is 376 g/mol. The highest BCUT2D eigenvalue weighted by atomic mass is 16.1. The molecule has 0 atom stereocenters. The molecule has 1 aromatic heterocycles. The van der Waals surface area contributed by atoms with Gasteiger partial charge in [0.05, 0.1) is 11.4 Å². The van der Waals surface area contributed by atoms with E-state index in [9.17, 15) is 4.79 Å². The van der Waals surface area contributed by atoms with Crippen LogP contribution in [0.3, 0.4) is 0 Å². The molecule has 0 saturated heterocycles. The number of carbonyl (C=O) groups excluding carboxylic acids is 1. The third-order valence-corrected chi connectivity index (χ3v) is 4.65. The molecule has 0 aliphatic rings. The van der Waals surface area contributed by atoms with Gasteiger partial charge in [-0.25, -0.2) is 4.68 Å². The lowest BCUT2D eigenvalue weighted by molar-refractivity contribution is -0.123. The Morgan fingerprint density at radius 2 is 1.75 bits per heavy atom. The van der Waals surface area contributed by atoms with Crippen molar-refractivity contribution in [2.24, 2.45) is 5.92 Å². The molecule has 0 spiro atoms. The smallest absolute Gasteiger partial charge is 0.222 e. The summed E-state index contributed by atoms with van der Waals surface area (Å²) in [4.78, 5) is 11.7. The van der Waals surface area contributed by atoms with Crippen molar-refractivity contribution in [2.75, 3.05) is 13.1 Å². The van der Waals surface area contributed by atoms with Crippen molar-refractivity contribution in [3.05, 3.63) is 71.9 Å². The highest BCUT2D eigenvalue weighted by Crippen LogP contribution is 2.26. The molecule has 0 saturated carbocycles. The average Bonchev–Trinajstić information content (AvgIpc) is 3.12. The van der Waals surface area contributed by atoms with E-state index in [0.717, 1.165) is 22.5 Å². The number of nitrogens with zero attached hydrogens (tertiary/aromatic N) is 2. The zero-order valence-corrected chi connectivity index (χ0v) is 16.8. The molecule has 3 rings (SSSR count). The predicted octanol–water partition coefficient (Wildman–Crippen LogP) is 3.71. The summed E-state index contributed by atoms with van der Waals surface area (Å²) < 4.78 is 1.93. The summed E-state index contributed by atoms with van der Waals surface area (Å²) in [6.45, 7) is 7.92. The first kappa shape index (κ1) is 19.8. The first-order chi connectivity index (χ1) is 13.6. The number of carbonyl (C=O) groups is 1. The first-order valence-electron chi connectivity index (χ1n) is 9.74. The molecule has 0 unspecified atom stereocenters. The summed E-state index contributed by atoms with van der Waals surface area (Å²) in [6.07, 6.45) is 2.08. The minimum absolute atomic E-state index is 0.0109. The zero-order chi connectivity index (χ0) is 19.9. The summed E-state index contributed by atoms with van der Waals surface area (Å²) >= 11 is 0. The number of nitrogens with one attached hydrogen (secondary N) is 2. The normalized spacial score (nSPS) is 11.0. The molecule has 0 aliphatic heterocycles. The summed E-state index contributed by atoms with van der Waals surface area (Å²) in [5.74, 6) is 0.0936. The Balaban J connectivity index is 1.76. The number of rotatable bonds is 8. The molecule has 0 fully saturated rings. The zero-order valence-electron chi connectivity index (χ0n) is 16.8. The van der Waals surface area contributed by atoms with Crippen molar-refractivity contribution in [3.63, 3.8) is 0 Å². The van der Waals surface area contributed by atoms with E-state index in [1.54, 1.807) is 0 Å². The number of hydrogen-bond donors (Lipinski definition) is 2. The van der Waals surface area contributed by atoms with Gasteiger partial charge in [0, 0.05) is 42.9 Å². The van der Waals surface area contributed by atoms with Crippen LogP contribution in [0.4, 0.5) is 0 Å². The van der Waals surface area contributed by atoms with Gasteiger partial charge >= 0.3 is 0 Å². The van der Waals surface area contributed by atoms with E-state index in [0.29, 0.717) is 19.6 Å². The van der Waals surface area contributed by atoms with Crippen LogP contribution in [0.2, 0.25) is 0 Å².